The molecular formula is C25H27N3O6. The lowest BCUT2D eigenvalue weighted by molar-refractivity contribution is -0.149. The van der Waals surface area contributed by atoms with Crippen LogP contribution in [0.25, 0.3) is 11.1 Å². The summed E-state index contributed by atoms with van der Waals surface area (Å²) in [7, 11) is 1.59. The standard InChI is InChI=1S/C25H27N3O6/c1-28(16-10-15(11-16)24(31)32)23(30)13-26-22(29)12-27-25(33)34-14-21-19-8-4-2-6-17(19)18-7-3-5-9-20(18)21/h2-9,15-16,21H,10-14H2,1H3,(H,26,29)(H,27,33)(H,31,32). The van der Waals surface area contributed by atoms with E-state index in [0.29, 0.717) is 12.8 Å². The van der Waals surface area contributed by atoms with Crippen molar-refractivity contribution in [3.05, 3.63) is 59.7 Å². The van der Waals surface area contributed by atoms with Gasteiger partial charge in [-0.15, -0.1) is 0 Å². The summed E-state index contributed by atoms with van der Waals surface area (Å²) in [5.41, 5.74) is 4.44. The topological polar surface area (TPSA) is 125 Å². The van der Waals surface area contributed by atoms with Gasteiger partial charge in [-0.3, -0.25) is 14.4 Å². The maximum atomic E-state index is 12.2. The number of likely N-dealkylation sites (N-methyl/N-ethyl adjacent to an activating group) is 1. The predicted molar refractivity (Wildman–Crippen MR) is 123 cm³/mol. The quantitative estimate of drug-likeness (QED) is 0.547. The molecule has 4 rings (SSSR count). The number of hydrogen-bond acceptors (Lipinski definition) is 5. The van der Waals surface area contributed by atoms with Gasteiger partial charge in [-0.25, -0.2) is 4.79 Å². The average Bonchev–Trinajstić information content (AvgIpc) is 3.12. The zero-order valence-electron chi connectivity index (χ0n) is 18.8. The summed E-state index contributed by atoms with van der Waals surface area (Å²) in [6, 6.07) is 15.9. The normalized spacial score (nSPS) is 18.1. The first kappa shape index (κ1) is 23.3. The summed E-state index contributed by atoms with van der Waals surface area (Å²) in [5, 5.41) is 13.8. The molecule has 178 valence electrons. The van der Waals surface area contributed by atoms with E-state index in [1.165, 1.54) is 4.90 Å². The smallest absolute Gasteiger partial charge is 0.407 e. The maximum Gasteiger partial charge on any atom is 0.407 e. The summed E-state index contributed by atoms with van der Waals surface area (Å²) in [6.45, 7) is -0.405. The third-order valence-electron chi connectivity index (χ3n) is 6.58. The van der Waals surface area contributed by atoms with Crippen LogP contribution in [0.5, 0.6) is 0 Å². The summed E-state index contributed by atoms with van der Waals surface area (Å²) in [4.78, 5) is 48.7. The Morgan fingerprint density at radius 2 is 1.53 bits per heavy atom. The lowest BCUT2D eigenvalue weighted by atomic mass is 9.79. The Labute approximate surface area is 197 Å². The number of carbonyl (C=O) groups excluding carboxylic acids is 3. The first-order valence-electron chi connectivity index (χ1n) is 11.2. The largest absolute Gasteiger partial charge is 0.481 e. The molecule has 2 aromatic carbocycles. The maximum absolute atomic E-state index is 12.2. The minimum atomic E-state index is -0.857. The van der Waals surface area contributed by atoms with Crippen molar-refractivity contribution in [3.8, 4) is 11.1 Å². The van der Waals surface area contributed by atoms with Crippen molar-refractivity contribution in [2.24, 2.45) is 5.92 Å². The van der Waals surface area contributed by atoms with E-state index in [2.05, 4.69) is 10.6 Å². The van der Waals surface area contributed by atoms with E-state index in [1.54, 1.807) is 7.05 Å². The number of ether oxygens (including phenoxy) is 1. The minimum absolute atomic E-state index is 0.0765. The van der Waals surface area contributed by atoms with E-state index in [0.717, 1.165) is 22.3 Å². The van der Waals surface area contributed by atoms with Crippen LogP contribution >= 0.6 is 0 Å². The number of nitrogens with zero attached hydrogens (tertiary/aromatic N) is 1. The molecule has 0 radical (unpaired) electrons. The van der Waals surface area contributed by atoms with Gasteiger partial charge in [0.2, 0.25) is 11.8 Å². The molecule has 3 N–H and O–H groups in total. The molecule has 9 nitrogen and oxygen atoms in total. The molecule has 3 amide bonds. The highest BCUT2D eigenvalue weighted by Gasteiger charge is 2.38. The van der Waals surface area contributed by atoms with Crippen LogP contribution in [-0.4, -0.2) is 66.7 Å². The van der Waals surface area contributed by atoms with Gasteiger partial charge in [0.25, 0.3) is 0 Å². The van der Waals surface area contributed by atoms with Gasteiger partial charge in [-0.2, -0.15) is 0 Å². The van der Waals surface area contributed by atoms with E-state index in [4.69, 9.17) is 9.84 Å². The van der Waals surface area contributed by atoms with E-state index < -0.39 is 23.9 Å². The van der Waals surface area contributed by atoms with Crippen molar-refractivity contribution in [1.82, 2.24) is 15.5 Å². The van der Waals surface area contributed by atoms with Crippen molar-refractivity contribution < 1.29 is 29.0 Å². The number of carboxylic acid groups (broad SMARTS) is 1. The molecule has 2 aliphatic rings. The molecule has 0 unspecified atom stereocenters. The van der Waals surface area contributed by atoms with Gasteiger partial charge < -0.3 is 25.4 Å². The Morgan fingerprint density at radius 3 is 2.12 bits per heavy atom. The molecule has 0 aromatic heterocycles. The predicted octanol–water partition coefficient (Wildman–Crippen LogP) is 1.96. The van der Waals surface area contributed by atoms with E-state index in [9.17, 15) is 19.2 Å². The number of aliphatic carboxylic acids is 1. The number of carbonyl (C=O) groups is 4. The summed E-state index contributed by atoms with van der Waals surface area (Å²) in [5.74, 6) is -2.19. The number of rotatable bonds is 8. The Morgan fingerprint density at radius 1 is 0.941 bits per heavy atom. The Kier molecular flexibility index (Phi) is 6.81. The third-order valence-corrected chi connectivity index (χ3v) is 6.58. The zero-order valence-corrected chi connectivity index (χ0v) is 18.8. The highest BCUT2D eigenvalue weighted by Crippen LogP contribution is 2.44. The molecule has 0 heterocycles. The van der Waals surface area contributed by atoms with Gasteiger partial charge in [0.15, 0.2) is 0 Å². The van der Waals surface area contributed by atoms with Gasteiger partial charge in [-0.05, 0) is 35.1 Å². The van der Waals surface area contributed by atoms with Gasteiger partial charge in [0, 0.05) is 19.0 Å². The summed E-state index contributed by atoms with van der Waals surface area (Å²) in [6.07, 6.45) is 0.110. The summed E-state index contributed by atoms with van der Waals surface area (Å²) < 4.78 is 5.38. The molecule has 9 heteroatoms. The minimum Gasteiger partial charge on any atom is -0.481 e. The summed E-state index contributed by atoms with van der Waals surface area (Å²) >= 11 is 0. The number of carboxylic acids is 1. The van der Waals surface area contributed by atoms with E-state index in [-0.39, 0.29) is 37.6 Å². The molecule has 0 saturated heterocycles. The second-order valence-electron chi connectivity index (χ2n) is 8.62. The van der Waals surface area contributed by atoms with Crippen LogP contribution in [0.3, 0.4) is 0 Å². The van der Waals surface area contributed by atoms with Gasteiger partial charge in [0.05, 0.1) is 12.5 Å². The first-order chi connectivity index (χ1) is 16.3. The van der Waals surface area contributed by atoms with Crippen LogP contribution in [0.1, 0.15) is 29.9 Å². The number of alkyl carbamates (subject to hydrolysis) is 1. The fourth-order valence-corrected chi connectivity index (χ4v) is 4.47. The molecule has 1 saturated carbocycles. The lowest BCUT2D eigenvalue weighted by Crippen LogP contribution is -2.51. The highest BCUT2D eigenvalue weighted by molar-refractivity contribution is 5.87. The molecule has 1 fully saturated rings. The van der Waals surface area contributed by atoms with E-state index >= 15 is 0 Å². The van der Waals surface area contributed by atoms with Gasteiger partial charge >= 0.3 is 12.1 Å². The van der Waals surface area contributed by atoms with Gasteiger partial charge in [0.1, 0.15) is 13.2 Å². The Hall–Kier alpha value is -3.88. The molecule has 0 bridgehead atoms. The fraction of sp³-hybridized carbons (Fsp3) is 0.360. The molecular weight excluding hydrogens is 438 g/mol. The van der Waals surface area contributed by atoms with Crippen LogP contribution in [0.2, 0.25) is 0 Å². The van der Waals surface area contributed by atoms with Crippen molar-refractivity contribution >= 4 is 23.9 Å². The Balaban J connectivity index is 1.19. The first-order valence-corrected chi connectivity index (χ1v) is 11.2. The molecule has 2 aliphatic carbocycles. The molecule has 34 heavy (non-hydrogen) atoms. The van der Waals surface area contributed by atoms with Gasteiger partial charge in [-0.1, -0.05) is 48.5 Å². The van der Waals surface area contributed by atoms with Crippen molar-refractivity contribution in [2.45, 2.75) is 24.8 Å². The molecule has 0 spiro atoms. The molecule has 0 atom stereocenters. The van der Waals surface area contributed by atoms with Crippen molar-refractivity contribution in [1.29, 1.82) is 0 Å². The highest BCUT2D eigenvalue weighted by atomic mass is 16.5. The van der Waals surface area contributed by atoms with Crippen molar-refractivity contribution in [2.75, 3.05) is 26.7 Å². The number of hydrogen-bond donors (Lipinski definition) is 3. The van der Waals surface area contributed by atoms with Crippen LogP contribution in [-0.2, 0) is 19.1 Å². The second-order valence-corrected chi connectivity index (χ2v) is 8.62. The van der Waals surface area contributed by atoms with Crippen LogP contribution in [0.4, 0.5) is 4.79 Å². The number of benzene rings is 2. The number of nitrogens with one attached hydrogen (secondary N) is 2. The second kappa shape index (κ2) is 9.94. The fourth-order valence-electron chi connectivity index (χ4n) is 4.47. The number of amides is 3. The lowest BCUT2D eigenvalue weighted by Gasteiger charge is -2.39. The van der Waals surface area contributed by atoms with Crippen LogP contribution < -0.4 is 10.6 Å². The SMILES string of the molecule is CN(C(=O)CNC(=O)CNC(=O)OCC1c2ccccc2-c2ccccc21)C1CC(C(=O)O)C1. The Bertz CT molecular complexity index is 1070. The average molecular weight is 466 g/mol. The monoisotopic (exact) mass is 465 g/mol. The molecule has 0 aliphatic heterocycles. The van der Waals surface area contributed by atoms with E-state index in [1.807, 2.05) is 48.5 Å². The van der Waals surface area contributed by atoms with Crippen LogP contribution in [0.15, 0.2) is 48.5 Å². The van der Waals surface area contributed by atoms with Crippen molar-refractivity contribution in [3.63, 3.8) is 0 Å². The zero-order chi connectivity index (χ0) is 24.2. The van der Waals surface area contributed by atoms with Crippen LogP contribution in [0, 0.1) is 5.92 Å². The molecule has 2 aromatic rings. The third kappa shape index (κ3) is 4.88. The number of fused-ring (bicyclic) bond motifs is 3.